The van der Waals surface area contributed by atoms with Crippen LogP contribution in [0.4, 0.5) is 5.69 Å². The highest BCUT2D eigenvalue weighted by Crippen LogP contribution is 2.30. The van der Waals surface area contributed by atoms with Crippen molar-refractivity contribution in [1.82, 2.24) is 0 Å². The lowest BCUT2D eigenvalue weighted by Gasteiger charge is -2.05. The Morgan fingerprint density at radius 2 is 2.22 bits per heavy atom. The Morgan fingerprint density at radius 1 is 1.44 bits per heavy atom. The molecular formula is C13H13NO3S. The number of hydrogen-bond donors (Lipinski definition) is 2. The fourth-order valence-corrected chi connectivity index (χ4v) is 2.49. The Kier molecular flexibility index (Phi) is 3.62. The number of nitrogens with two attached hydrogens (primary N) is 1. The van der Waals surface area contributed by atoms with Gasteiger partial charge in [0.05, 0.1) is 12.0 Å². The second-order valence-corrected chi connectivity index (χ2v) is 4.91. The zero-order valence-corrected chi connectivity index (χ0v) is 10.7. The first-order valence-electron chi connectivity index (χ1n) is 5.36. The van der Waals surface area contributed by atoms with Crippen LogP contribution in [0.25, 0.3) is 0 Å². The molecule has 0 atom stereocenters. The van der Waals surface area contributed by atoms with Crippen LogP contribution < -0.4 is 5.73 Å². The van der Waals surface area contributed by atoms with Crippen molar-refractivity contribution in [3.05, 3.63) is 47.4 Å². The first kappa shape index (κ1) is 12.6. The molecule has 0 amide bonds. The fourth-order valence-electron chi connectivity index (χ4n) is 1.59. The van der Waals surface area contributed by atoms with Crippen LogP contribution in [-0.4, -0.2) is 11.1 Å². The molecule has 0 radical (unpaired) electrons. The summed E-state index contributed by atoms with van der Waals surface area (Å²) < 4.78 is 5.17. The van der Waals surface area contributed by atoms with Crippen molar-refractivity contribution in [3.63, 3.8) is 0 Å². The standard InChI is InChI=1S/C13H13NO3S/c1-8-2-3-12(10(14)6-8)18-7-11-9(13(15)16)4-5-17-11/h2-6H,7,14H2,1H3,(H,15,16). The molecule has 2 rings (SSSR count). The summed E-state index contributed by atoms with van der Waals surface area (Å²) in [6, 6.07) is 7.25. The van der Waals surface area contributed by atoms with Gasteiger partial charge in [-0.05, 0) is 30.7 Å². The molecule has 0 saturated heterocycles. The molecule has 0 saturated carbocycles. The van der Waals surface area contributed by atoms with Crippen molar-refractivity contribution in [1.29, 1.82) is 0 Å². The van der Waals surface area contributed by atoms with Crippen molar-refractivity contribution >= 4 is 23.4 Å². The Balaban J connectivity index is 2.11. The molecule has 0 aliphatic heterocycles. The molecular weight excluding hydrogens is 250 g/mol. The quantitative estimate of drug-likeness (QED) is 0.654. The fraction of sp³-hybridized carbons (Fsp3) is 0.154. The molecule has 0 unspecified atom stereocenters. The zero-order chi connectivity index (χ0) is 13.1. The first-order chi connectivity index (χ1) is 8.58. The van der Waals surface area contributed by atoms with Crippen LogP contribution in [-0.2, 0) is 5.75 Å². The van der Waals surface area contributed by atoms with Gasteiger partial charge in [0.1, 0.15) is 11.3 Å². The van der Waals surface area contributed by atoms with E-state index in [-0.39, 0.29) is 5.56 Å². The summed E-state index contributed by atoms with van der Waals surface area (Å²) in [5.74, 6) is -0.0780. The Morgan fingerprint density at radius 3 is 2.89 bits per heavy atom. The summed E-state index contributed by atoms with van der Waals surface area (Å²) in [5.41, 5.74) is 7.89. The monoisotopic (exact) mass is 263 g/mol. The third kappa shape index (κ3) is 2.68. The number of rotatable bonds is 4. The molecule has 0 fully saturated rings. The van der Waals surface area contributed by atoms with Gasteiger partial charge in [-0.2, -0.15) is 0 Å². The zero-order valence-electron chi connectivity index (χ0n) is 9.84. The maximum atomic E-state index is 10.9. The summed E-state index contributed by atoms with van der Waals surface area (Å²) >= 11 is 1.46. The molecule has 4 nitrogen and oxygen atoms in total. The second kappa shape index (κ2) is 5.18. The van der Waals surface area contributed by atoms with Crippen LogP contribution in [0.15, 0.2) is 39.8 Å². The van der Waals surface area contributed by atoms with E-state index in [1.165, 1.54) is 24.1 Å². The molecule has 1 heterocycles. The number of hydrogen-bond acceptors (Lipinski definition) is 4. The predicted molar refractivity (Wildman–Crippen MR) is 70.8 cm³/mol. The average molecular weight is 263 g/mol. The van der Waals surface area contributed by atoms with Crippen molar-refractivity contribution in [2.45, 2.75) is 17.6 Å². The number of carboxylic acid groups (broad SMARTS) is 1. The van der Waals surface area contributed by atoms with E-state index in [0.29, 0.717) is 17.2 Å². The number of nitrogen functional groups attached to an aromatic ring is 1. The van der Waals surface area contributed by atoms with E-state index in [0.717, 1.165) is 10.5 Å². The summed E-state index contributed by atoms with van der Waals surface area (Å²) in [6.07, 6.45) is 1.39. The number of furan rings is 1. The highest BCUT2D eigenvalue weighted by atomic mass is 32.2. The third-order valence-electron chi connectivity index (χ3n) is 2.50. The summed E-state index contributed by atoms with van der Waals surface area (Å²) in [4.78, 5) is 11.8. The van der Waals surface area contributed by atoms with Gasteiger partial charge in [-0.25, -0.2) is 4.79 Å². The SMILES string of the molecule is Cc1ccc(SCc2occc2C(=O)O)c(N)c1. The number of benzene rings is 1. The second-order valence-electron chi connectivity index (χ2n) is 3.89. The topological polar surface area (TPSA) is 76.5 Å². The van der Waals surface area contributed by atoms with Gasteiger partial charge in [0.25, 0.3) is 0 Å². The maximum Gasteiger partial charge on any atom is 0.339 e. The van der Waals surface area contributed by atoms with Crippen LogP contribution in [0.2, 0.25) is 0 Å². The van der Waals surface area contributed by atoms with Gasteiger partial charge in [-0.15, -0.1) is 11.8 Å². The first-order valence-corrected chi connectivity index (χ1v) is 6.35. The van der Waals surface area contributed by atoms with Gasteiger partial charge in [0.15, 0.2) is 0 Å². The Labute approximate surface area is 109 Å². The van der Waals surface area contributed by atoms with Gasteiger partial charge in [0.2, 0.25) is 0 Å². The minimum atomic E-state index is -0.976. The van der Waals surface area contributed by atoms with Gasteiger partial charge in [0, 0.05) is 10.6 Å². The smallest absolute Gasteiger partial charge is 0.339 e. The predicted octanol–water partition coefficient (Wildman–Crippen LogP) is 3.16. The van der Waals surface area contributed by atoms with Crippen molar-refractivity contribution < 1.29 is 14.3 Å². The molecule has 0 aliphatic rings. The van der Waals surface area contributed by atoms with Crippen LogP contribution in [0.5, 0.6) is 0 Å². The van der Waals surface area contributed by atoms with E-state index in [9.17, 15) is 4.79 Å². The summed E-state index contributed by atoms with van der Waals surface area (Å²) in [7, 11) is 0. The largest absolute Gasteiger partial charge is 0.478 e. The molecule has 2 aromatic rings. The van der Waals surface area contributed by atoms with E-state index in [1.54, 1.807) is 0 Å². The Hall–Kier alpha value is -1.88. The number of aromatic carboxylic acids is 1. The van der Waals surface area contributed by atoms with Crippen LogP contribution in [0.3, 0.4) is 0 Å². The van der Waals surface area contributed by atoms with E-state index < -0.39 is 5.97 Å². The average Bonchev–Trinajstić information content (AvgIpc) is 2.76. The lowest BCUT2D eigenvalue weighted by Crippen LogP contribution is -1.98. The highest BCUT2D eigenvalue weighted by Gasteiger charge is 2.13. The summed E-state index contributed by atoms with van der Waals surface area (Å²) in [6.45, 7) is 1.97. The molecule has 18 heavy (non-hydrogen) atoms. The molecule has 0 aliphatic carbocycles. The number of carbonyl (C=O) groups is 1. The summed E-state index contributed by atoms with van der Waals surface area (Å²) in [5, 5.41) is 8.95. The van der Waals surface area contributed by atoms with Crippen molar-refractivity contribution in [2.24, 2.45) is 0 Å². The van der Waals surface area contributed by atoms with Gasteiger partial charge < -0.3 is 15.3 Å². The maximum absolute atomic E-state index is 10.9. The number of thioether (sulfide) groups is 1. The van der Waals surface area contributed by atoms with E-state index in [2.05, 4.69) is 0 Å². The van der Waals surface area contributed by atoms with E-state index >= 15 is 0 Å². The number of carboxylic acids is 1. The molecule has 94 valence electrons. The third-order valence-corrected chi connectivity index (χ3v) is 3.59. The van der Waals surface area contributed by atoms with Gasteiger partial charge >= 0.3 is 5.97 Å². The molecule has 1 aromatic heterocycles. The lowest BCUT2D eigenvalue weighted by molar-refractivity contribution is 0.0695. The number of aryl methyl sites for hydroxylation is 1. The van der Waals surface area contributed by atoms with Crippen molar-refractivity contribution in [2.75, 3.05) is 5.73 Å². The molecule has 5 heteroatoms. The van der Waals surface area contributed by atoms with E-state index in [1.807, 2.05) is 25.1 Å². The van der Waals surface area contributed by atoms with Gasteiger partial charge in [-0.1, -0.05) is 6.07 Å². The highest BCUT2D eigenvalue weighted by molar-refractivity contribution is 7.98. The molecule has 0 spiro atoms. The number of anilines is 1. The van der Waals surface area contributed by atoms with Crippen LogP contribution in [0.1, 0.15) is 21.7 Å². The van der Waals surface area contributed by atoms with Gasteiger partial charge in [-0.3, -0.25) is 0 Å². The lowest BCUT2D eigenvalue weighted by atomic mass is 10.2. The molecule has 3 N–H and O–H groups in total. The minimum absolute atomic E-state index is 0.202. The van der Waals surface area contributed by atoms with Crippen LogP contribution in [0, 0.1) is 6.92 Å². The molecule has 1 aromatic carbocycles. The normalized spacial score (nSPS) is 10.5. The van der Waals surface area contributed by atoms with Crippen LogP contribution >= 0.6 is 11.8 Å². The Bertz CT molecular complexity index is 577. The van der Waals surface area contributed by atoms with E-state index in [4.69, 9.17) is 15.3 Å². The molecule has 0 bridgehead atoms. The minimum Gasteiger partial charge on any atom is -0.478 e. The van der Waals surface area contributed by atoms with Crippen molar-refractivity contribution in [3.8, 4) is 0 Å².